The van der Waals surface area contributed by atoms with Gasteiger partial charge in [-0.25, -0.2) is 0 Å². The molecule has 0 bridgehead atoms. The van der Waals surface area contributed by atoms with E-state index in [9.17, 15) is 9.59 Å². The van der Waals surface area contributed by atoms with E-state index in [1.165, 1.54) is 4.90 Å². The minimum Gasteiger partial charge on any atom is -0.484 e. The van der Waals surface area contributed by atoms with Crippen molar-refractivity contribution in [1.29, 1.82) is 5.26 Å². The van der Waals surface area contributed by atoms with E-state index in [0.29, 0.717) is 17.0 Å². The van der Waals surface area contributed by atoms with Gasteiger partial charge in [-0.05, 0) is 54.4 Å². The highest BCUT2D eigenvalue weighted by Gasteiger charge is 2.14. The first-order valence-corrected chi connectivity index (χ1v) is 9.78. The average Bonchev–Trinajstić information content (AvgIpc) is 2.79. The number of likely N-dealkylation sites (N-methyl/N-ethyl adjacent to an activating group) is 1. The molecule has 0 radical (unpaired) electrons. The monoisotopic (exact) mass is 413 g/mol. The van der Waals surface area contributed by atoms with Crippen molar-refractivity contribution in [1.82, 2.24) is 4.90 Å². The Morgan fingerprint density at radius 2 is 1.52 bits per heavy atom. The molecular weight excluding hydrogens is 390 g/mol. The number of carbonyl (C=O) groups is 2. The van der Waals surface area contributed by atoms with Gasteiger partial charge in [-0.15, -0.1) is 0 Å². The van der Waals surface area contributed by atoms with Gasteiger partial charge in [-0.3, -0.25) is 9.59 Å². The Morgan fingerprint density at radius 3 is 2.10 bits per heavy atom. The second kappa shape index (κ2) is 10.1. The zero-order valence-corrected chi connectivity index (χ0v) is 17.5. The fourth-order valence-corrected chi connectivity index (χ4v) is 2.88. The summed E-state index contributed by atoms with van der Waals surface area (Å²) in [4.78, 5) is 25.8. The molecule has 0 atom stereocenters. The Bertz CT molecular complexity index is 1080. The van der Waals surface area contributed by atoms with Crippen molar-refractivity contribution in [3.63, 3.8) is 0 Å². The molecule has 0 aliphatic rings. The van der Waals surface area contributed by atoms with Crippen molar-refractivity contribution < 1.29 is 14.3 Å². The molecule has 3 rings (SSSR count). The van der Waals surface area contributed by atoms with Crippen LogP contribution in [-0.2, 0) is 9.59 Å². The summed E-state index contributed by atoms with van der Waals surface area (Å²) >= 11 is 0. The van der Waals surface area contributed by atoms with E-state index in [1.807, 2.05) is 55.5 Å². The average molecular weight is 413 g/mol. The topological polar surface area (TPSA) is 82.4 Å². The van der Waals surface area contributed by atoms with Gasteiger partial charge in [0.1, 0.15) is 5.75 Å². The van der Waals surface area contributed by atoms with E-state index >= 15 is 0 Å². The lowest BCUT2D eigenvalue weighted by molar-refractivity contribution is -0.135. The Hall–Kier alpha value is -4.11. The summed E-state index contributed by atoms with van der Waals surface area (Å²) in [5.74, 6) is -0.00931. The highest BCUT2D eigenvalue weighted by molar-refractivity contribution is 5.94. The minimum atomic E-state index is -0.296. The van der Waals surface area contributed by atoms with Crippen molar-refractivity contribution in [2.45, 2.75) is 6.92 Å². The Labute approximate surface area is 181 Å². The lowest BCUT2D eigenvalue weighted by Gasteiger charge is -2.17. The molecule has 0 heterocycles. The third-order valence-electron chi connectivity index (χ3n) is 4.71. The molecule has 0 aliphatic heterocycles. The molecule has 0 saturated heterocycles. The molecule has 0 aromatic heterocycles. The number of ether oxygens (including phenoxy) is 1. The van der Waals surface area contributed by atoms with Gasteiger partial charge >= 0.3 is 0 Å². The van der Waals surface area contributed by atoms with Gasteiger partial charge in [0, 0.05) is 12.7 Å². The van der Waals surface area contributed by atoms with Gasteiger partial charge in [0.05, 0.1) is 18.2 Å². The van der Waals surface area contributed by atoms with Crippen LogP contribution in [0.4, 0.5) is 5.69 Å². The number of amides is 2. The Kier molecular flexibility index (Phi) is 7.02. The lowest BCUT2D eigenvalue weighted by atomic mass is 10.0. The van der Waals surface area contributed by atoms with Crippen molar-refractivity contribution in [2.75, 3.05) is 25.5 Å². The van der Waals surface area contributed by atoms with Crippen LogP contribution < -0.4 is 10.1 Å². The zero-order chi connectivity index (χ0) is 22.2. The van der Waals surface area contributed by atoms with Crippen LogP contribution in [0.3, 0.4) is 0 Å². The van der Waals surface area contributed by atoms with E-state index in [4.69, 9.17) is 10.00 Å². The van der Waals surface area contributed by atoms with Crippen LogP contribution in [0.25, 0.3) is 11.1 Å². The quantitative estimate of drug-likeness (QED) is 0.634. The highest BCUT2D eigenvalue weighted by atomic mass is 16.5. The number of rotatable bonds is 7. The van der Waals surface area contributed by atoms with Crippen LogP contribution in [0.2, 0.25) is 0 Å². The summed E-state index contributed by atoms with van der Waals surface area (Å²) in [6.45, 7) is 1.75. The molecule has 1 N–H and O–H groups in total. The maximum atomic E-state index is 12.3. The van der Waals surface area contributed by atoms with Gasteiger partial charge in [-0.2, -0.15) is 5.26 Å². The van der Waals surface area contributed by atoms with E-state index in [2.05, 4.69) is 11.4 Å². The number of nitriles is 1. The standard InChI is InChI=1S/C25H23N3O3/c1-18-3-11-22(12-4-18)27-24(29)16-28(2)25(30)17-31-23-13-9-21(10-14-23)20-7-5-19(15-26)6-8-20/h3-14H,16-17H2,1-2H3,(H,27,29). The zero-order valence-electron chi connectivity index (χ0n) is 17.5. The van der Waals surface area contributed by atoms with Crippen LogP contribution in [0.15, 0.2) is 72.8 Å². The summed E-state index contributed by atoms with van der Waals surface area (Å²) < 4.78 is 5.56. The summed E-state index contributed by atoms with van der Waals surface area (Å²) in [6, 6.07) is 24.2. The van der Waals surface area contributed by atoms with Gasteiger partial charge in [0.2, 0.25) is 5.91 Å². The smallest absolute Gasteiger partial charge is 0.260 e. The first-order valence-electron chi connectivity index (χ1n) is 9.78. The molecule has 6 nitrogen and oxygen atoms in total. The van der Waals surface area contributed by atoms with E-state index in [0.717, 1.165) is 16.7 Å². The molecule has 6 heteroatoms. The van der Waals surface area contributed by atoms with Gasteiger partial charge in [0.25, 0.3) is 5.91 Å². The first kappa shape index (κ1) is 21.6. The maximum absolute atomic E-state index is 12.3. The van der Waals surface area contributed by atoms with Crippen LogP contribution in [0.5, 0.6) is 5.75 Å². The fraction of sp³-hybridized carbons (Fsp3) is 0.160. The molecular formula is C25H23N3O3. The molecule has 156 valence electrons. The number of anilines is 1. The number of nitrogens with one attached hydrogen (secondary N) is 1. The molecule has 31 heavy (non-hydrogen) atoms. The van der Waals surface area contributed by atoms with Crippen molar-refractivity contribution in [3.8, 4) is 22.9 Å². The number of benzene rings is 3. The summed E-state index contributed by atoms with van der Waals surface area (Å²) in [5.41, 5.74) is 4.37. The number of hydrogen-bond acceptors (Lipinski definition) is 4. The minimum absolute atomic E-state index is 0.0618. The normalized spacial score (nSPS) is 10.1. The molecule has 0 fully saturated rings. The van der Waals surface area contributed by atoms with Crippen molar-refractivity contribution >= 4 is 17.5 Å². The maximum Gasteiger partial charge on any atom is 0.260 e. The Morgan fingerprint density at radius 1 is 0.935 bits per heavy atom. The molecule has 2 amide bonds. The molecule has 3 aromatic rings. The fourth-order valence-electron chi connectivity index (χ4n) is 2.88. The first-order chi connectivity index (χ1) is 14.9. The second-order valence-corrected chi connectivity index (χ2v) is 7.17. The summed E-state index contributed by atoms with van der Waals surface area (Å²) in [5, 5.41) is 11.6. The van der Waals surface area contributed by atoms with Crippen LogP contribution in [0.1, 0.15) is 11.1 Å². The van der Waals surface area contributed by atoms with Crippen LogP contribution >= 0.6 is 0 Å². The lowest BCUT2D eigenvalue weighted by Crippen LogP contribution is -2.37. The van der Waals surface area contributed by atoms with Crippen molar-refractivity contribution in [3.05, 3.63) is 83.9 Å². The molecule has 0 aliphatic carbocycles. The van der Waals surface area contributed by atoms with Crippen molar-refractivity contribution in [2.24, 2.45) is 0 Å². The second-order valence-electron chi connectivity index (χ2n) is 7.17. The van der Waals surface area contributed by atoms with Gasteiger partial charge in [-0.1, -0.05) is 42.0 Å². The molecule has 0 spiro atoms. The number of hydrogen-bond donors (Lipinski definition) is 1. The molecule has 3 aromatic carbocycles. The predicted octanol–water partition coefficient (Wildman–Crippen LogP) is 4.01. The number of carbonyl (C=O) groups excluding carboxylic acids is 2. The largest absolute Gasteiger partial charge is 0.484 e. The van der Waals surface area contributed by atoms with Gasteiger partial charge < -0.3 is 15.0 Å². The third kappa shape index (κ3) is 6.18. The van der Waals surface area contributed by atoms with Crippen LogP contribution in [-0.4, -0.2) is 36.9 Å². The molecule has 0 unspecified atom stereocenters. The Balaban J connectivity index is 1.48. The summed E-state index contributed by atoms with van der Waals surface area (Å²) in [7, 11) is 1.56. The predicted molar refractivity (Wildman–Crippen MR) is 120 cm³/mol. The number of nitrogens with zero attached hydrogens (tertiary/aromatic N) is 2. The molecule has 0 saturated carbocycles. The SMILES string of the molecule is Cc1ccc(NC(=O)CN(C)C(=O)COc2ccc(-c3ccc(C#N)cc3)cc2)cc1. The number of aryl methyl sites for hydroxylation is 1. The van der Waals surface area contributed by atoms with Gasteiger partial charge in [0.15, 0.2) is 6.61 Å². The van der Waals surface area contributed by atoms with E-state index < -0.39 is 0 Å². The third-order valence-corrected chi connectivity index (χ3v) is 4.71. The highest BCUT2D eigenvalue weighted by Crippen LogP contribution is 2.22. The van der Waals surface area contributed by atoms with E-state index in [-0.39, 0.29) is 25.0 Å². The summed E-state index contributed by atoms with van der Waals surface area (Å²) in [6.07, 6.45) is 0. The van der Waals surface area contributed by atoms with E-state index in [1.54, 1.807) is 31.3 Å². The van der Waals surface area contributed by atoms with Crippen LogP contribution in [0, 0.1) is 18.3 Å².